The van der Waals surface area contributed by atoms with Gasteiger partial charge in [-0.3, -0.25) is 4.79 Å². The van der Waals surface area contributed by atoms with Gasteiger partial charge >= 0.3 is 0 Å². The van der Waals surface area contributed by atoms with Gasteiger partial charge in [0.25, 0.3) is 5.91 Å². The fraction of sp³-hybridized carbons (Fsp3) is 0.214. The van der Waals surface area contributed by atoms with E-state index in [0.29, 0.717) is 18.7 Å². The molecule has 0 bridgehead atoms. The number of amides is 1. The smallest absolute Gasteiger partial charge is 0.254 e. The number of aromatic nitrogens is 4. The normalized spacial score (nSPS) is 14.2. The van der Waals surface area contributed by atoms with E-state index in [1.54, 1.807) is 18.6 Å². The zero-order valence-electron chi connectivity index (χ0n) is 11.1. The molecule has 0 fully saturated rings. The second-order valence-corrected chi connectivity index (χ2v) is 5.47. The number of rotatable bonds is 1. The summed E-state index contributed by atoms with van der Waals surface area (Å²) in [6.07, 6.45) is 4.11. The first-order chi connectivity index (χ1) is 10.3. The Morgan fingerprint density at radius 1 is 1.24 bits per heavy atom. The highest BCUT2D eigenvalue weighted by Crippen LogP contribution is 2.20. The van der Waals surface area contributed by atoms with Crippen LogP contribution in [0.3, 0.4) is 0 Å². The van der Waals surface area contributed by atoms with Gasteiger partial charge in [-0.1, -0.05) is 0 Å². The average molecular weight is 297 g/mol. The number of benzene rings is 1. The minimum atomic E-state index is 0.0133. The zero-order chi connectivity index (χ0) is 14.2. The first kappa shape index (κ1) is 12.3. The Balaban J connectivity index is 1.63. The minimum absolute atomic E-state index is 0.0133. The van der Waals surface area contributed by atoms with Crippen molar-refractivity contribution in [2.24, 2.45) is 0 Å². The third-order valence-electron chi connectivity index (χ3n) is 3.65. The lowest BCUT2D eigenvalue weighted by Gasteiger charge is -2.27. The van der Waals surface area contributed by atoms with Crippen LogP contribution in [0, 0.1) is 0 Å². The van der Waals surface area contributed by atoms with E-state index < -0.39 is 0 Å². The summed E-state index contributed by atoms with van der Waals surface area (Å²) < 4.78 is 8.33. The molecule has 0 spiro atoms. The number of carbonyl (C=O) groups excluding carboxylic acids is 1. The van der Waals surface area contributed by atoms with Crippen LogP contribution in [0.4, 0.5) is 0 Å². The quantitative estimate of drug-likeness (QED) is 0.683. The summed E-state index contributed by atoms with van der Waals surface area (Å²) in [5, 5.41) is 0. The van der Waals surface area contributed by atoms with Crippen LogP contribution in [0.5, 0.6) is 0 Å². The van der Waals surface area contributed by atoms with Crippen LogP contribution < -0.4 is 0 Å². The van der Waals surface area contributed by atoms with E-state index in [4.69, 9.17) is 0 Å². The van der Waals surface area contributed by atoms with Crippen molar-refractivity contribution >= 4 is 28.7 Å². The SMILES string of the molecule is O=C(c1ccc2nsnc2c1)N1CCc2ncncc2C1. The molecule has 3 aromatic rings. The lowest BCUT2D eigenvalue weighted by Crippen LogP contribution is -2.36. The summed E-state index contributed by atoms with van der Waals surface area (Å²) in [7, 11) is 0. The van der Waals surface area contributed by atoms with E-state index in [1.807, 2.05) is 17.0 Å². The Hall–Kier alpha value is -2.41. The minimum Gasteiger partial charge on any atom is -0.334 e. The zero-order valence-corrected chi connectivity index (χ0v) is 11.9. The molecule has 21 heavy (non-hydrogen) atoms. The molecule has 1 aliphatic heterocycles. The Bertz CT molecular complexity index is 831. The van der Waals surface area contributed by atoms with Crippen molar-refractivity contribution in [3.05, 3.63) is 47.5 Å². The summed E-state index contributed by atoms with van der Waals surface area (Å²) in [5.41, 5.74) is 4.30. The summed E-state index contributed by atoms with van der Waals surface area (Å²) in [5.74, 6) is 0.0133. The maximum Gasteiger partial charge on any atom is 0.254 e. The maximum absolute atomic E-state index is 12.6. The van der Waals surface area contributed by atoms with Crippen LogP contribution in [0.15, 0.2) is 30.7 Å². The van der Waals surface area contributed by atoms with E-state index in [2.05, 4.69) is 18.7 Å². The van der Waals surface area contributed by atoms with E-state index in [-0.39, 0.29) is 5.91 Å². The third-order valence-corrected chi connectivity index (χ3v) is 4.21. The van der Waals surface area contributed by atoms with Gasteiger partial charge in [0.15, 0.2) is 0 Å². The Morgan fingerprint density at radius 2 is 2.14 bits per heavy atom. The third kappa shape index (κ3) is 2.15. The fourth-order valence-corrected chi connectivity index (χ4v) is 3.05. The van der Waals surface area contributed by atoms with Crippen molar-refractivity contribution in [3.63, 3.8) is 0 Å². The molecule has 3 heterocycles. The molecule has 4 rings (SSSR count). The molecule has 2 aromatic heterocycles. The molecule has 0 radical (unpaired) electrons. The van der Waals surface area contributed by atoms with Gasteiger partial charge in [-0.25, -0.2) is 9.97 Å². The highest BCUT2D eigenvalue weighted by Gasteiger charge is 2.22. The number of fused-ring (bicyclic) bond motifs is 2. The number of hydrogen-bond donors (Lipinski definition) is 0. The fourth-order valence-electron chi connectivity index (χ4n) is 2.54. The van der Waals surface area contributed by atoms with Crippen molar-refractivity contribution in [1.82, 2.24) is 23.6 Å². The topological polar surface area (TPSA) is 71.9 Å². The standard InChI is InChI=1S/C14H11N5OS/c20-14(9-1-2-12-13(5-9)18-21-17-12)19-4-3-11-10(7-19)6-15-8-16-11/h1-2,5-6,8H,3-4,7H2. The van der Waals surface area contributed by atoms with Gasteiger partial charge in [0, 0.05) is 36.8 Å². The average Bonchev–Trinajstić information content (AvgIpc) is 3.01. The van der Waals surface area contributed by atoms with Gasteiger partial charge in [-0.15, -0.1) is 0 Å². The van der Waals surface area contributed by atoms with Crippen LogP contribution in [0.2, 0.25) is 0 Å². The van der Waals surface area contributed by atoms with Crippen molar-refractivity contribution < 1.29 is 4.79 Å². The summed E-state index contributed by atoms with van der Waals surface area (Å²) >= 11 is 1.16. The van der Waals surface area contributed by atoms with Crippen LogP contribution in [-0.2, 0) is 13.0 Å². The van der Waals surface area contributed by atoms with E-state index in [9.17, 15) is 4.79 Å². The molecule has 0 unspecified atom stereocenters. The molecule has 7 heteroatoms. The van der Waals surface area contributed by atoms with Crippen LogP contribution >= 0.6 is 11.7 Å². The molecule has 0 aliphatic carbocycles. The highest BCUT2D eigenvalue weighted by molar-refractivity contribution is 7.00. The number of hydrogen-bond acceptors (Lipinski definition) is 6. The first-order valence-corrected chi connectivity index (χ1v) is 7.33. The van der Waals surface area contributed by atoms with Gasteiger partial charge < -0.3 is 4.90 Å². The monoisotopic (exact) mass is 297 g/mol. The molecule has 0 atom stereocenters. The molecule has 1 amide bonds. The van der Waals surface area contributed by atoms with Gasteiger partial charge in [-0.2, -0.15) is 8.75 Å². The van der Waals surface area contributed by atoms with Gasteiger partial charge in [0.05, 0.1) is 17.4 Å². The van der Waals surface area contributed by atoms with Crippen LogP contribution in [-0.4, -0.2) is 36.1 Å². The number of nitrogens with zero attached hydrogens (tertiary/aromatic N) is 5. The Kier molecular flexibility index (Phi) is 2.85. The maximum atomic E-state index is 12.6. The summed E-state index contributed by atoms with van der Waals surface area (Å²) in [4.78, 5) is 22.7. The molecule has 0 saturated carbocycles. The van der Waals surface area contributed by atoms with Gasteiger partial charge in [0.2, 0.25) is 0 Å². The second kappa shape index (κ2) is 4.85. The van der Waals surface area contributed by atoms with Crippen LogP contribution in [0.25, 0.3) is 11.0 Å². The van der Waals surface area contributed by atoms with E-state index in [1.165, 1.54) is 0 Å². The van der Waals surface area contributed by atoms with Crippen molar-refractivity contribution in [2.75, 3.05) is 6.54 Å². The molecular formula is C14H11N5OS. The Morgan fingerprint density at radius 3 is 3.10 bits per heavy atom. The Labute approximate surface area is 124 Å². The van der Waals surface area contributed by atoms with E-state index >= 15 is 0 Å². The molecule has 104 valence electrons. The summed E-state index contributed by atoms with van der Waals surface area (Å²) in [6.45, 7) is 1.23. The second-order valence-electron chi connectivity index (χ2n) is 4.94. The van der Waals surface area contributed by atoms with E-state index in [0.717, 1.165) is 40.4 Å². The number of carbonyl (C=O) groups is 1. The molecule has 1 aromatic carbocycles. The summed E-state index contributed by atoms with van der Waals surface area (Å²) in [6, 6.07) is 5.45. The van der Waals surface area contributed by atoms with Crippen molar-refractivity contribution in [1.29, 1.82) is 0 Å². The lowest BCUT2D eigenvalue weighted by molar-refractivity contribution is 0.0733. The first-order valence-electron chi connectivity index (χ1n) is 6.60. The van der Waals surface area contributed by atoms with Crippen molar-refractivity contribution in [2.45, 2.75) is 13.0 Å². The van der Waals surface area contributed by atoms with Gasteiger partial charge in [-0.05, 0) is 18.2 Å². The molecular weight excluding hydrogens is 286 g/mol. The molecule has 6 nitrogen and oxygen atoms in total. The molecule has 1 aliphatic rings. The van der Waals surface area contributed by atoms with Crippen LogP contribution in [0.1, 0.15) is 21.6 Å². The highest BCUT2D eigenvalue weighted by atomic mass is 32.1. The largest absolute Gasteiger partial charge is 0.334 e. The van der Waals surface area contributed by atoms with Gasteiger partial charge in [0.1, 0.15) is 17.4 Å². The molecule has 0 saturated heterocycles. The van der Waals surface area contributed by atoms with Crippen molar-refractivity contribution in [3.8, 4) is 0 Å². The molecule has 0 N–H and O–H groups in total. The predicted octanol–water partition coefficient (Wildman–Crippen LogP) is 1.68. The predicted molar refractivity (Wildman–Crippen MR) is 77.9 cm³/mol. The lowest BCUT2D eigenvalue weighted by atomic mass is 10.1.